The van der Waals surface area contributed by atoms with Gasteiger partial charge in [0.25, 0.3) is 5.83 Å². The average Bonchev–Trinajstić information content (AvgIpc) is 1.79. The van der Waals surface area contributed by atoms with Gasteiger partial charge in [0.05, 0.1) is 0 Å². The molecule has 0 unspecified atom stereocenters. The van der Waals surface area contributed by atoms with Gasteiger partial charge in [0.1, 0.15) is 0 Å². The van der Waals surface area contributed by atoms with E-state index in [1.165, 1.54) is 15.9 Å². The van der Waals surface area contributed by atoms with Gasteiger partial charge < -0.3 is 4.74 Å². The molecule has 0 radical (unpaired) electrons. The lowest BCUT2D eigenvalue weighted by Crippen LogP contribution is -2.15. The minimum atomic E-state index is -5.69. The first-order chi connectivity index (χ1) is 5.54. The molecular weight excluding hydrogens is 277 g/mol. The molecule has 0 aliphatic carbocycles. The summed E-state index contributed by atoms with van der Waals surface area (Å²) in [4.78, 5) is 0. The van der Waals surface area contributed by atoms with Crippen molar-refractivity contribution in [2.75, 3.05) is 0 Å². The maximum Gasteiger partial charge on any atom is 0.461 e. The van der Waals surface area contributed by atoms with E-state index in [4.69, 9.17) is 0 Å². The zero-order valence-electron chi connectivity index (χ0n) is 5.43. The zero-order chi connectivity index (χ0) is 10.9. The monoisotopic (exact) mass is 276 g/mol. The van der Waals surface area contributed by atoms with Crippen LogP contribution in [0.4, 0.5) is 30.7 Å². The van der Waals surface area contributed by atoms with Crippen LogP contribution in [-0.4, -0.2) is 11.2 Å². The summed E-state index contributed by atoms with van der Waals surface area (Å²) < 4.78 is 83.2. The van der Waals surface area contributed by atoms with Crippen LogP contribution in [0.3, 0.4) is 0 Å². The highest BCUT2D eigenvalue weighted by Gasteiger charge is 2.42. The third kappa shape index (κ3) is 4.96. The fourth-order valence-corrected chi connectivity index (χ4v) is 0.400. The summed E-state index contributed by atoms with van der Waals surface area (Å²) in [6.45, 7) is 0. The first-order valence-electron chi connectivity index (χ1n) is 2.42. The number of halogens is 8. The highest BCUT2D eigenvalue weighted by molar-refractivity contribution is 9.09. The normalized spacial score (nSPS) is 15.4. The zero-order valence-corrected chi connectivity index (χ0v) is 7.02. The lowest BCUT2D eigenvalue weighted by atomic mass is 10.5. The predicted molar refractivity (Wildman–Crippen MR) is 30.3 cm³/mol. The van der Waals surface area contributed by atoms with Gasteiger partial charge in [0.15, 0.2) is 0 Å². The number of hydrogen-bond acceptors (Lipinski definition) is 1. The van der Waals surface area contributed by atoms with E-state index in [1.54, 1.807) is 0 Å². The minimum absolute atomic E-state index is 1.35. The molecule has 0 saturated carbocycles. The Morgan fingerprint density at radius 1 is 1.00 bits per heavy atom. The Bertz CT molecular complexity index is 214. The second-order valence-electron chi connectivity index (χ2n) is 1.63. The van der Waals surface area contributed by atoms with Crippen molar-refractivity contribution in [3.63, 3.8) is 0 Å². The van der Waals surface area contributed by atoms with Crippen molar-refractivity contribution in [2.24, 2.45) is 0 Å². The number of hydrogen-bond donors (Lipinski definition) is 0. The molecule has 0 fully saturated rings. The molecule has 0 N–H and O–H groups in total. The Morgan fingerprint density at radius 3 is 1.62 bits per heavy atom. The highest BCUT2D eigenvalue weighted by atomic mass is 79.9. The van der Waals surface area contributed by atoms with Crippen LogP contribution in [0.1, 0.15) is 0 Å². The van der Waals surface area contributed by atoms with Crippen LogP contribution in [0, 0.1) is 0 Å². The van der Waals surface area contributed by atoms with Crippen molar-refractivity contribution >= 4 is 15.9 Å². The molecule has 1 nitrogen and oxygen atoms in total. The third-order valence-corrected chi connectivity index (χ3v) is 0.789. The van der Waals surface area contributed by atoms with Gasteiger partial charge >= 0.3 is 17.2 Å². The Kier molecular flexibility index (Phi) is 3.59. The van der Waals surface area contributed by atoms with Crippen LogP contribution in [0.25, 0.3) is 0 Å². The molecule has 0 spiro atoms. The topological polar surface area (TPSA) is 9.23 Å². The third-order valence-electron chi connectivity index (χ3n) is 0.627. The van der Waals surface area contributed by atoms with E-state index in [9.17, 15) is 30.7 Å². The van der Waals surface area contributed by atoms with E-state index in [-0.39, 0.29) is 0 Å². The molecule has 0 rings (SSSR count). The Hall–Kier alpha value is -0.470. The lowest BCUT2D eigenvalue weighted by molar-refractivity contribution is -0.160. The molecule has 0 aliphatic heterocycles. The number of rotatable bonds is 2. The van der Waals surface area contributed by atoms with Gasteiger partial charge in [0.2, 0.25) is 0 Å². The number of alkyl halides is 6. The van der Waals surface area contributed by atoms with Gasteiger partial charge in [-0.1, -0.05) is 0 Å². The second-order valence-corrected chi connectivity index (χ2v) is 2.56. The Labute approximate surface area is 75.3 Å². The van der Waals surface area contributed by atoms with E-state index >= 15 is 0 Å². The van der Waals surface area contributed by atoms with Crippen LogP contribution in [0.5, 0.6) is 0 Å². The molecule has 0 amide bonds. The van der Waals surface area contributed by atoms with Gasteiger partial charge in [-0.25, -0.2) is 0 Å². The number of ether oxygens (including phenoxy) is 1. The first kappa shape index (κ1) is 12.5. The van der Waals surface area contributed by atoms with E-state index < -0.39 is 23.0 Å². The standard InChI is InChI=1S/C4BrF7O/c5-4(11,12)13-2(7)1(6)3(8,9)10. The summed E-state index contributed by atoms with van der Waals surface area (Å²) in [5, 5.41) is -4.39. The molecule has 0 heterocycles. The van der Waals surface area contributed by atoms with Gasteiger partial charge in [-0.2, -0.15) is 30.7 Å². The molecule has 78 valence electrons. The molecule has 0 aromatic carbocycles. The fourth-order valence-electron chi connectivity index (χ4n) is 0.258. The van der Waals surface area contributed by atoms with Crippen LogP contribution < -0.4 is 0 Å². The van der Waals surface area contributed by atoms with Gasteiger partial charge in [-0.3, -0.25) is 0 Å². The maximum atomic E-state index is 11.8. The van der Waals surface area contributed by atoms with Crippen LogP contribution in [0.2, 0.25) is 0 Å². The Morgan fingerprint density at radius 2 is 1.38 bits per heavy atom. The van der Waals surface area contributed by atoms with Crippen LogP contribution >= 0.6 is 15.9 Å². The van der Waals surface area contributed by atoms with Crippen molar-refractivity contribution < 1.29 is 35.5 Å². The average molecular weight is 277 g/mol. The fraction of sp³-hybridized carbons (Fsp3) is 0.500. The maximum absolute atomic E-state index is 11.8. The molecule has 0 bridgehead atoms. The summed E-state index contributed by atoms with van der Waals surface area (Å²) >= 11 is 1.35. The van der Waals surface area contributed by atoms with Crippen molar-refractivity contribution in [2.45, 2.75) is 11.2 Å². The van der Waals surface area contributed by atoms with E-state index in [0.717, 1.165) is 0 Å². The smallest absolute Gasteiger partial charge is 0.395 e. The van der Waals surface area contributed by atoms with E-state index in [2.05, 4.69) is 4.74 Å². The largest absolute Gasteiger partial charge is 0.461 e. The van der Waals surface area contributed by atoms with Crippen molar-refractivity contribution in [1.82, 2.24) is 0 Å². The van der Waals surface area contributed by atoms with Gasteiger partial charge in [0, 0.05) is 15.9 Å². The summed E-state index contributed by atoms with van der Waals surface area (Å²) in [6.07, 6.45) is -5.69. The SMILES string of the molecule is FC(OC(F)(F)Br)=C(F)C(F)(F)F. The second kappa shape index (κ2) is 3.72. The van der Waals surface area contributed by atoms with Gasteiger partial charge in [-0.05, 0) is 0 Å². The molecule has 0 atom stereocenters. The van der Waals surface area contributed by atoms with Gasteiger partial charge in [-0.15, -0.1) is 0 Å². The molecule has 0 aliphatic rings. The highest BCUT2D eigenvalue weighted by Crippen LogP contribution is 2.34. The quantitative estimate of drug-likeness (QED) is 0.425. The minimum Gasteiger partial charge on any atom is -0.395 e. The van der Waals surface area contributed by atoms with E-state index in [0.29, 0.717) is 0 Å². The Balaban J connectivity index is 4.65. The molecule has 0 aromatic rings. The van der Waals surface area contributed by atoms with Crippen molar-refractivity contribution in [3.8, 4) is 0 Å². The molecule has 0 aromatic heterocycles. The van der Waals surface area contributed by atoms with Crippen molar-refractivity contribution in [1.29, 1.82) is 0 Å². The predicted octanol–water partition coefficient (Wildman–Crippen LogP) is 3.62. The summed E-state index contributed by atoms with van der Waals surface area (Å²) in [7, 11) is 0. The van der Waals surface area contributed by atoms with Crippen LogP contribution in [0.15, 0.2) is 11.8 Å². The lowest BCUT2D eigenvalue weighted by Gasteiger charge is -2.10. The summed E-state index contributed by atoms with van der Waals surface area (Å²) in [5.74, 6) is -3.35. The number of allylic oxidation sites excluding steroid dienone is 1. The molecule has 9 heteroatoms. The van der Waals surface area contributed by atoms with Crippen molar-refractivity contribution in [3.05, 3.63) is 11.8 Å². The molecule has 0 saturated heterocycles. The van der Waals surface area contributed by atoms with Crippen LogP contribution in [-0.2, 0) is 4.74 Å². The summed E-state index contributed by atoms with van der Waals surface area (Å²) in [5.41, 5.74) is 0. The first-order valence-corrected chi connectivity index (χ1v) is 3.21. The molecular formula is C4BrF7O. The molecule has 13 heavy (non-hydrogen) atoms. The van der Waals surface area contributed by atoms with E-state index in [1.807, 2.05) is 0 Å². The summed E-state index contributed by atoms with van der Waals surface area (Å²) in [6, 6.07) is -3.03.